The van der Waals surface area contributed by atoms with E-state index in [2.05, 4.69) is 5.32 Å². The van der Waals surface area contributed by atoms with Gasteiger partial charge in [0.1, 0.15) is 6.04 Å². The lowest BCUT2D eigenvalue weighted by molar-refractivity contribution is -0.141. The molecule has 0 saturated heterocycles. The standard InChI is InChI=1S/C25H25NO11S2/c1-25(2,39-24(33)37-15-35-21(30)17-11-7-4-8-12-17)22(31)26-18(19(27)28)13-38-23(32)36-14-34-20(29)16-9-5-3-6-10-16/h3-12,18H,13-15H2,1-2H3,(H,26,31)(H,27,28)/t18-/m0/s1. The highest BCUT2D eigenvalue weighted by atomic mass is 32.2. The maximum absolute atomic E-state index is 12.6. The molecule has 0 heterocycles. The molecule has 0 bridgehead atoms. The van der Waals surface area contributed by atoms with Crippen LogP contribution in [0.15, 0.2) is 60.7 Å². The summed E-state index contributed by atoms with van der Waals surface area (Å²) >= 11 is 0.887. The lowest BCUT2D eigenvalue weighted by Crippen LogP contribution is -2.50. The van der Waals surface area contributed by atoms with Crippen LogP contribution >= 0.6 is 23.5 Å². The van der Waals surface area contributed by atoms with Gasteiger partial charge in [0.25, 0.3) is 0 Å². The average Bonchev–Trinajstić information content (AvgIpc) is 2.91. The van der Waals surface area contributed by atoms with Crippen LogP contribution in [0.5, 0.6) is 0 Å². The fourth-order valence-electron chi connectivity index (χ4n) is 2.56. The molecule has 0 spiro atoms. The number of benzene rings is 2. The molecule has 0 saturated carbocycles. The number of carboxylic acid groups (broad SMARTS) is 1. The molecule has 0 fully saturated rings. The van der Waals surface area contributed by atoms with Gasteiger partial charge < -0.3 is 29.4 Å². The number of esters is 2. The molecular weight excluding hydrogens is 554 g/mol. The second kappa shape index (κ2) is 15.4. The lowest BCUT2D eigenvalue weighted by atomic mass is 10.2. The van der Waals surface area contributed by atoms with Crippen LogP contribution in [-0.2, 0) is 28.5 Å². The van der Waals surface area contributed by atoms with E-state index in [1.165, 1.54) is 38.1 Å². The fraction of sp³-hybridized carbons (Fsp3) is 0.280. The summed E-state index contributed by atoms with van der Waals surface area (Å²) in [6.45, 7) is 1.34. The van der Waals surface area contributed by atoms with E-state index in [1.54, 1.807) is 36.4 Å². The van der Waals surface area contributed by atoms with E-state index in [9.17, 15) is 33.9 Å². The first kappa shape index (κ1) is 31.2. The molecule has 39 heavy (non-hydrogen) atoms. The minimum atomic E-state index is -1.51. The molecule has 0 aromatic heterocycles. The normalized spacial score (nSPS) is 11.4. The summed E-state index contributed by atoms with van der Waals surface area (Å²) in [6.07, 6.45) is 0. The first-order valence-electron chi connectivity index (χ1n) is 11.1. The molecule has 208 valence electrons. The number of thioether (sulfide) groups is 2. The number of hydrogen-bond acceptors (Lipinski definition) is 12. The van der Waals surface area contributed by atoms with Crippen LogP contribution in [-0.4, -0.2) is 69.7 Å². The third-order valence-electron chi connectivity index (χ3n) is 4.61. The smallest absolute Gasteiger partial charge is 0.371 e. The molecule has 1 atom stereocenters. The molecule has 0 aliphatic heterocycles. The molecule has 0 radical (unpaired) electrons. The first-order valence-corrected chi connectivity index (χ1v) is 12.9. The van der Waals surface area contributed by atoms with Crippen molar-refractivity contribution in [2.45, 2.75) is 24.6 Å². The molecular formula is C25H25NO11S2. The van der Waals surface area contributed by atoms with Gasteiger partial charge in [0.15, 0.2) is 0 Å². The quantitative estimate of drug-likeness (QED) is 0.276. The summed E-state index contributed by atoms with van der Waals surface area (Å²) in [7, 11) is 0. The number of aliphatic carboxylic acids is 1. The van der Waals surface area contributed by atoms with Gasteiger partial charge in [-0.3, -0.25) is 4.79 Å². The van der Waals surface area contributed by atoms with E-state index in [-0.39, 0.29) is 11.1 Å². The topological polar surface area (TPSA) is 172 Å². The summed E-state index contributed by atoms with van der Waals surface area (Å²) in [5, 5.41) is 9.80. The van der Waals surface area contributed by atoms with E-state index in [4.69, 9.17) is 18.9 Å². The van der Waals surface area contributed by atoms with Gasteiger partial charge in [-0.2, -0.15) is 0 Å². The maximum Gasteiger partial charge on any atom is 0.371 e. The molecule has 2 rings (SSSR count). The van der Waals surface area contributed by atoms with E-state index in [1.807, 2.05) is 0 Å². The number of carbonyl (C=O) groups excluding carboxylic acids is 5. The van der Waals surface area contributed by atoms with Crippen molar-refractivity contribution in [3.8, 4) is 0 Å². The molecule has 0 aliphatic rings. The van der Waals surface area contributed by atoms with Crippen LogP contribution in [0.1, 0.15) is 34.6 Å². The van der Waals surface area contributed by atoms with E-state index >= 15 is 0 Å². The summed E-state index contributed by atoms with van der Waals surface area (Å²) < 4.78 is 17.7. The van der Waals surface area contributed by atoms with E-state index < -0.39 is 64.5 Å². The average molecular weight is 580 g/mol. The summed E-state index contributed by atoms with van der Waals surface area (Å²) in [5.74, 6) is -4.09. The molecule has 14 heteroatoms. The van der Waals surface area contributed by atoms with Gasteiger partial charge in [-0.15, -0.1) is 0 Å². The Balaban J connectivity index is 1.74. The van der Waals surface area contributed by atoms with Crippen LogP contribution in [0, 0.1) is 0 Å². The van der Waals surface area contributed by atoms with Crippen molar-refractivity contribution in [1.82, 2.24) is 5.32 Å². The highest BCUT2D eigenvalue weighted by Gasteiger charge is 2.35. The van der Waals surface area contributed by atoms with Crippen molar-refractivity contribution in [2.24, 2.45) is 0 Å². The van der Waals surface area contributed by atoms with Crippen LogP contribution in [0.2, 0.25) is 0 Å². The maximum atomic E-state index is 12.6. The number of hydrogen-bond donors (Lipinski definition) is 2. The van der Waals surface area contributed by atoms with Crippen LogP contribution in [0.4, 0.5) is 9.59 Å². The zero-order valence-corrected chi connectivity index (χ0v) is 22.5. The molecule has 0 unspecified atom stereocenters. The molecule has 0 aliphatic carbocycles. The fourth-order valence-corrected chi connectivity index (χ4v) is 3.90. The van der Waals surface area contributed by atoms with Crippen molar-refractivity contribution in [1.29, 1.82) is 0 Å². The van der Waals surface area contributed by atoms with Gasteiger partial charge in [-0.25, -0.2) is 24.0 Å². The van der Waals surface area contributed by atoms with Crippen LogP contribution in [0.3, 0.4) is 0 Å². The summed E-state index contributed by atoms with van der Waals surface area (Å²) in [6, 6.07) is 14.5. The summed E-state index contributed by atoms with van der Waals surface area (Å²) in [5.41, 5.74) is 0.517. The summed E-state index contributed by atoms with van der Waals surface area (Å²) in [4.78, 5) is 71.9. The minimum Gasteiger partial charge on any atom is -0.480 e. The first-order chi connectivity index (χ1) is 18.5. The number of carboxylic acids is 1. The van der Waals surface area contributed by atoms with E-state index in [0.717, 1.165) is 0 Å². The number of nitrogens with one attached hydrogen (secondary N) is 1. The lowest BCUT2D eigenvalue weighted by Gasteiger charge is -2.24. The predicted octanol–water partition coefficient (Wildman–Crippen LogP) is 3.70. The number of rotatable bonds is 12. The predicted molar refractivity (Wildman–Crippen MR) is 140 cm³/mol. The largest absolute Gasteiger partial charge is 0.480 e. The van der Waals surface area contributed by atoms with Crippen molar-refractivity contribution < 1.29 is 52.8 Å². The Hall–Kier alpha value is -4.04. The van der Waals surface area contributed by atoms with Gasteiger partial charge in [0.2, 0.25) is 19.5 Å². The second-order valence-electron chi connectivity index (χ2n) is 7.91. The van der Waals surface area contributed by atoms with Gasteiger partial charge in [-0.1, -0.05) is 36.4 Å². The molecule has 2 aromatic rings. The van der Waals surface area contributed by atoms with Gasteiger partial charge >= 0.3 is 28.5 Å². The number of ether oxygens (including phenoxy) is 4. The zero-order chi connectivity index (χ0) is 28.8. The highest BCUT2D eigenvalue weighted by molar-refractivity contribution is 8.15. The minimum absolute atomic E-state index is 0.257. The van der Waals surface area contributed by atoms with Crippen molar-refractivity contribution in [3.05, 3.63) is 71.8 Å². The zero-order valence-electron chi connectivity index (χ0n) is 20.8. The Labute approximate surface area is 231 Å². The third-order valence-corrected chi connectivity index (χ3v) is 6.44. The SMILES string of the molecule is CC(C)(SC(=O)OCOC(=O)c1ccccc1)C(=O)N[C@@H](CSC(=O)OCOC(=O)c1ccccc1)C(=O)O. The Morgan fingerprint density at radius 2 is 1.23 bits per heavy atom. The Morgan fingerprint density at radius 1 is 0.769 bits per heavy atom. The molecule has 1 amide bonds. The van der Waals surface area contributed by atoms with Crippen molar-refractivity contribution in [3.63, 3.8) is 0 Å². The molecule has 12 nitrogen and oxygen atoms in total. The Kier molecular flexibility index (Phi) is 12.3. The van der Waals surface area contributed by atoms with Gasteiger partial charge in [0, 0.05) is 5.75 Å². The van der Waals surface area contributed by atoms with Crippen molar-refractivity contribution in [2.75, 3.05) is 19.3 Å². The van der Waals surface area contributed by atoms with E-state index in [0.29, 0.717) is 23.5 Å². The second-order valence-corrected chi connectivity index (χ2v) is 10.4. The Bertz CT molecular complexity index is 1170. The third kappa shape index (κ3) is 11.1. The number of carbonyl (C=O) groups is 6. The highest BCUT2D eigenvalue weighted by Crippen LogP contribution is 2.27. The monoisotopic (exact) mass is 579 g/mol. The van der Waals surface area contributed by atoms with Crippen molar-refractivity contribution >= 4 is 57.9 Å². The molecule has 2 N–H and O–H groups in total. The van der Waals surface area contributed by atoms with Crippen LogP contribution < -0.4 is 5.32 Å². The number of amides is 1. The van der Waals surface area contributed by atoms with Crippen LogP contribution in [0.25, 0.3) is 0 Å². The van der Waals surface area contributed by atoms with Gasteiger partial charge in [0.05, 0.1) is 15.9 Å². The van der Waals surface area contributed by atoms with Gasteiger partial charge in [-0.05, 0) is 61.6 Å². The Morgan fingerprint density at radius 3 is 1.69 bits per heavy atom. The molecule has 2 aromatic carbocycles.